The maximum Gasteiger partial charge on any atom is 0.269 e. The molecule has 1 aromatic heterocycles. The number of nitrogens with zero attached hydrogens (tertiary/aromatic N) is 2. The summed E-state index contributed by atoms with van der Waals surface area (Å²) in [5.41, 5.74) is 1.32. The summed E-state index contributed by atoms with van der Waals surface area (Å²) in [4.78, 5) is 12.9. The maximum absolute atomic E-state index is 12.9. The Morgan fingerprint density at radius 2 is 1.71 bits per heavy atom. The van der Waals surface area contributed by atoms with Crippen molar-refractivity contribution in [2.24, 2.45) is 5.92 Å². The molecule has 3 rings (SSSR count). The van der Waals surface area contributed by atoms with Gasteiger partial charge in [-0.15, -0.1) is 0 Å². The first-order chi connectivity index (χ1) is 13.5. The van der Waals surface area contributed by atoms with Gasteiger partial charge in [0, 0.05) is 12.2 Å². The van der Waals surface area contributed by atoms with Crippen LogP contribution >= 0.6 is 0 Å². The monoisotopic (exact) mass is 373 g/mol. The Labute approximate surface area is 165 Å². The summed E-state index contributed by atoms with van der Waals surface area (Å²) < 4.78 is 7.73. The van der Waals surface area contributed by atoms with Gasteiger partial charge in [-0.25, -0.2) is 0 Å². The molecule has 1 amide bonds. The zero-order valence-corrected chi connectivity index (χ0v) is 16.2. The predicted molar refractivity (Wildman–Crippen MR) is 109 cm³/mol. The number of carbonyl (C=O) groups excluding carboxylic acids is 1. The van der Waals surface area contributed by atoms with Crippen molar-refractivity contribution in [2.75, 3.05) is 0 Å². The van der Waals surface area contributed by atoms with Crippen LogP contribution in [0.25, 0.3) is 5.69 Å². The van der Waals surface area contributed by atoms with E-state index < -0.39 is 0 Å². The van der Waals surface area contributed by atoms with Crippen LogP contribution in [0.3, 0.4) is 0 Å². The van der Waals surface area contributed by atoms with Gasteiger partial charge >= 0.3 is 0 Å². The first-order valence-corrected chi connectivity index (χ1v) is 9.26. The van der Waals surface area contributed by atoms with Gasteiger partial charge in [-0.2, -0.15) is 5.26 Å². The summed E-state index contributed by atoms with van der Waals surface area (Å²) in [7, 11) is 0. The van der Waals surface area contributed by atoms with Crippen molar-refractivity contribution in [2.45, 2.75) is 26.8 Å². The van der Waals surface area contributed by atoms with E-state index >= 15 is 0 Å². The zero-order valence-electron chi connectivity index (χ0n) is 16.2. The molecule has 2 aromatic carbocycles. The maximum atomic E-state index is 12.9. The molecule has 5 heteroatoms. The van der Waals surface area contributed by atoms with E-state index in [0.29, 0.717) is 28.4 Å². The van der Waals surface area contributed by atoms with Crippen molar-refractivity contribution in [3.63, 3.8) is 0 Å². The lowest BCUT2D eigenvalue weighted by Gasteiger charge is -2.19. The Hall–Kier alpha value is -3.52. The van der Waals surface area contributed by atoms with Crippen molar-refractivity contribution < 1.29 is 9.53 Å². The lowest BCUT2D eigenvalue weighted by atomic mass is 10.1. The molecule has 142 valence electrons. The fourth-order valence-electron chi connectivity index (χ4n) is 2.75. The van der Waals surface area contributed by atoms with Gasteiger partial charge in [0.15, 0.2) is 5.75 Å². The van der Waals surface area contributed by atoms with Crippen LogP contribution < -0.4 is 10.1 Å². The van der Waals surface area contributed by atoms with Crippen molar-refractivity contribution in [3.8, 4) is 23.3 Å². The number of rotatable bonds is 6. The number of hydrogen-bond donors (Lipinski definition) is 1. The normalized spacial score (nSPS) is 11.7. The standard InChI is InChI=1S/C23H23N3O2/c1-16(2)17(3)25-23(27)22-18(15-24)13-14-26(22)20-11-7-8-12-21(20)28-19-9-5-4-6-10-19/h4-14,16-17H,1-3H3,(H,25,27). The number of benzene rings is 2. The summed E-state index contributed by atoms with van der Waals surface area (Å²) in [5.74, 6) is 1.30. The molecule has 3 aromatic rings. The molecule has 0 saturated heterocycles. The first-order valence-electron chi connectivity index (χ1n) is 9.26. The van der Waals surface area contributed by atoms with E-state index in [1.807, 2.05) is 75.4 Å². The van der Waals surface area contributed by atoms with Gasteiger partial charge in [-0.05, 0) is 43.2 Å². The Morgan fingerprint density at radius 1 is 1.04 bits per heavy atom. The summed E-state index contributed by atoms with van der Waals surface area (Å²) >= 11 is 0. The van der Waals surface area contributed by atoms with Crippen LogP contribution in [0.4, 0.5) is 0 Å². The molecule has 0 fully saturated rings. The van der Waals surface area contributed by atoms with Gasteiger partial charge in [0.25, 0.3) is 5.91 Å². The number of nitrogens with one attached hydrogen (secondary N) is 1. The van der Waals surface area contributed by atoms with E-state index in [4.69, 9.17) is 4.74 Å². The molecule has 5 nitrogen and oxygen atoms in total. The highest BCUT2D eigenvalue weighted by Gasteiger charge is 2.22. The highest BCUT2D eigenvalue weighted by atomic mass is 16.5. The third-order valence-electron chi connectivity index (χ3n) is 4.68. The summed E-state index contributed by atoms with van der Waals surface area (Å²) in [6.07, 6.45) is 1.72. The molecular formula is C23H23N3O2. The number of carbonyl (C=O) groups is 1. The van der Waals surface area contributed by atoms with Gasteiger partial charge in [0.1, 0.15) is 17.5 Å². The fourth-order valence-corrected chi connectivity index (χ4v) is 2.75. The number of nitriles is 1. The molecule has 1 unspecified atom stereocenters. The topological polar surface area (TPSA) is 67.0 Å². The van der Waals surface area contributed by atoms with Gasteiger partial charge in [-0.3, -0.25) is 4.79 Å². The van der Waals surface area contributed by atoms with Crippen LogP contribution in [0.5, 0.6) is 11.5 Å². The van der Waals surface area contributed by atoms with E-state index in [9.17, 15) is 10.1 Å². The third-order valence-corrected chi connectivity index (χ3v) is 4.68. The van der Waals surface area contributed by atoms with Gasteiger partial charge in [0.2, 0.25) is 0 Å². The Morgan fingerprint density at radius 3 is 2.39 bits per heavy atom. The molecule has 0 aliphatic carbocycles. The van der Waals surface area contributed by atoms with Crippen LogP contribution in [-0.4, -0.2) is 16.5 Å². The van der Waals surface area contributed by atoms with Crippen molar-refractivity contribution >= 4 is 5.91 Å². The molecule has 1 N–H and O–H groups in total. The van der Waals surface area contributed by atoms with E-state index in [2.05, 4.69) is 11.4 Å². The molecule has 28 heavy (non-hydrogen) atoms. The van der Waals surface area contributed by atoms with Gasteiger partial charge < -0.3 is 14.6 Å². The number of para-hydroxylation sites is 3. The van der Waals surface area contributed by atoms with Crippen molar-refractivity contribution in [3.05, 3.63) is 78.1 Å². The highest BCUT2D eigenvalue weighted by molar-refractivity contribution is 5.96. The van der Waals surface area contributed by atoms with Crippen molar-refractivity contribution in [1.29, 1.82) is 5.26 Å². The molecule has 0 spiro atoms. The van der Waals surface area contributed by atoms with E-state index in [0.717, 1.165) is 0 Å². The zero-order chi connectivity index (χ0) is 20.1. The second-order valence-electron chi connectivity index (χ2n) is 6.95. The highest BCUT2D eigenvalue weighted by Crippen LogP contribution is 2.30. The largest absolute Gasteiger partial charge is 0.455 e. The quantitative estimate of drug-likeness (QED) is 0.667. The SMILES string of the molecule is CC(C)C(C)NC(=O)c1c(C#N)ccn1-c1ccccc1Oc1ccccc1. The number of hydrogen-bond acceptors (Lipinski definition) is 3. The number of aromatic nitrogens is 1. The van der Waals surface area contributed by atoms with E-state index in [1.54, 1.807) is 16.8 Å². The molecule has 0 bridgehead atoms. The minimum absolute atomic E-state index is 0.0156. The molecule has 1 atom stereocenters. The smallest absolute Gasteiger partial charge is 0.269 e. The second-order valence-corrected chi connectivity index (χ2v) is 6.95. The second kappa shape index (κ2) is 8.45. The summed E-state index contributed by atoms with van der Waals surface area (Å²) in [6.45, 7) is 6.03. The fraction of sp³-hybridized carbons (Fsp3) is 0.217. The predicted octanol–water partition coefficient (Wildman–Crippen LogP) is 4.92. The minimum atomic E-state index is -0.280. The molecule has 0 aliphatic heterocycles. The lowest BCUT2D eigenvalue weighted by Crippen LogP contribution is -2.37. The number of ether oxygens (including phenoxy) is 1. The molecule has 0 saturated carbocycles. The molecular weight excluding hydrogens is 350 g/mol. The average Bonchev–Trinajstić information content (AvgIpc) is 3.13. The van der Waals surface area contributed by atoms with Crippen LogP contribution in [0.2, 0.25) is 0 Å². The number of amides is 1. The van der Waals surface area contributed by atoms with Crippen LogP contribution in [0, 0.1) is 17.2 Å². The molecule has 0 radical (unpaired) electrons. The van der Waals surface area contributed by atoms with E-state index in [1.165, 1.54) is 0 Å². The van der Waals surface area contributed by atoms with Crippen molar-refractivity contribution in [1.82, 2.24) is 9.88 Å². The minimum Gasteiger partial charge on any atom is -0.455 e. The molecule has 1 heterocycles. The van der Waals surface area contributed by atoms with Crippen LogP contribution in [-0.2, 0) is 0 Å². The molecule has 0 aliphatic rings. The van der Waals surface area contributed by atoms with Gasteiger partial charge in [0.05, 0.1) is 11.3 Å². The van der Waals surface area contributed by atoms with Crippen LogP contribution in [0.15, 0.2) is 66.9 Å². The van der Waals surface area contributed by atoms with Crippen LogP contribution in [0.1, 0.15) is 36.8 Å². The lowest BCUT2D eigenvalue weighted by molar-refractivity contribution is 0.0923. The first kappa shape index (κ1) is 19.2. The summed E-state index contributed by atoms with van der Waals surface area (Å²) in [6, 6.07) is 20.6. The van der Waals surface area contributed by atoms with E-state index in [-0.39, 0.29) is 17.9 Å². The average molecular weight is 373 g/mol. The Bertz CT molecular complexity index is 1000. The Kier molecular flexibility index (Phi) is 5.81. The summed E-state index contributed by atoms with van der Waals surface area (Å²) in [5, 5.41) is 12.5. The Balaban J connectivity index is 2.02. The third kappa shape index (κ3) is 4.07. The van der Waals surface area contributed by atoms with Gasteiger partial charge in [-0.1, -0.05) is 44.2 Å².